The number of carboxylic acids is 3. The number of aliphatic hydroxyl groups is 1. The second-order valence-electron chi connectivity index (χ2n) is 27.0. The van der Waals surface area contributed by atoms with Crippen molar-refractivity contribution in [3.05, 3.63) is 147 Å². The number of phosphoric ester groups is 1. The number of rotatable bonds is 43. The molecule has 0 saturated carbocycles. The van der Waals surface area contributed by atoms with Crippen molar-refractivity contribution < 1.29 is 110 Å². The van der Waals surface area contributed by atoms with Crippen LogP contribution in [-0.4, -0.2) is 201 Å². The molecule has 5 amide bonds. The SMILES string of the molecule is CCCc1cc2c(cc1C)C(c1ccccc1C(=O)N(C)CCCC(=O)NCCNCc1cccc(CNC(CCCSSCCC(=O)NCC#Cc3cn([C@H]4CC(O)[C@@H](COP(=O)(O)OP(=O)(O)OP(=O)(O)O)O4)c4ncnc(N)c34)C(=O)NC(CC(=O)O)C(=O)NC(CC(=O)O)C(=O)O)c1)C1C=C(C)C(=NCC)C=C1C2. The lowest BCUT2D eigenvalue weighted by molar-refractivity contribution is -0.148. The number of nitrogens with two attached hydrogens (primary N) is 1. The van der Waals surface area contributed by atoms with Crippen molar-refractivity contribution in [2.45, 2.75) is 154 Å². The smallest absolute Gasteiger partial charge is 0.481 e. The Morgan fingerprint density at radius 1 is 0.814 bits per heavy atom. The van der Waals surface area contributed by atoms with Gasteiger partial charge in [-0.2, -0.15) is 8.62 Å². The van der Waals surface area contributed by atoms with Gasteiger partial charge >= 0.3 is 41.4 Å². The van der Waals surface area contributed by atoms with E-state index in [1.165, 1.54) is 60.2 Å². The first-order chi connectivity index (χ1) is 53.6. The largest absolute Gasteiger partial charge is 0.490 e. The highest BCUT2D eigenvalue weighted by Gasteiger charge is 2.44. The lowest BCUT2D eigenvalue weighted by atomic mass is 9.65. The molecule has 5 aromatic rings. The van der Waals surface area contributed by atoms with Gasteiger partial charge in [0.1, 0.15) is 42.2 Å². The number of anilines is 1. The molecule has 0 bridgehead atoms. The number of hydrogen-bond donors (Lipinski definition) is 15. The van der Waals surface area contributed by atoms with Crippen LogP contribution in [-0.2, 0) is 91.1 Å². The monoisotopic (exact) mass is 1660 g/mol. The molecule has 0 spiro atoms. The van der Waals surface area contributed by atoms with Crippen LogP contribution in [0.1, 0.15) is 146 Å². The van der Waals surface area contributed by atoms with Crippen LogP contribution in [0.2, 0.25) is 0 Å². The number of aromatic nitrogens is 3. The topological polar surface area (TPSA) is 531 Å². The Morgan fingerprint density at radius 2 is 1.51 bits per heavy atom. The Morgan fingerprint density at radius 3 is 2.23 bits per heavy atom. The number of phosphoric acid groups is 3. The molecule has 1 fully saturated rings. The van der Waals surface area contributed by atoms with Crippen molar-refractivity contribution in [1.82, 2.24) is 51.3 Å². The number of hydrogen-bond acceptors (Lipinski definition) is 24. The molecule has 3 aromatic carbocycles. The normalized spacial score (nSPS) is 18.8. The molecule has 2 aliphatic carbocycles. The van der Waals surface area contributed by atoms with Crippen molar-refractivity contribution in [1.29, 1.82) is 0 Å². The number of aryl methyl sites for hydroxylation is 2. The van der Waals surface area contributed by atoms with Crippen molar-refractivity contribution in [2.75, 3.05) is 63.6 Å². The van der Waals surface area contributed by atoms with E-state index in [0.29, 0.717) is 62.6 Å². The van der Waals surface area contributed by atoms with Crippen molar-refractivity contribution in [2.24, 2.45) is 10.9 Å². The molecular weight excluding hydrogens is 1570 g/mol. The molecule has 612 valence electrons. The van der Waals surface area contributed by atoms with Gasteiger partial charge in [0.25, 0.3) is 5.91 Å². The third-order valence-electron chi connectivity index (χ3n) is 18.5. The number of amides is 5. The zero-order chi connectivity index (χ0) is 82.3. The number of carbonyl (C=O) groups excluding carboxylic acids is 5. The van der Waals surface area contributed by atoms with E-state index >= 15 is 0 Å². The summed E-state index contributed by atoms with van der Waals surface area (Å²) >= 11 is 0. The molecular formula is C73H95N12O23P3S2. The van der Waals surface area contributed by atoms with Gasteiger partial charge in [-0.3, -0.25) is 43.1 Å². The maximum atomic E-state index is 14.5. The summed E-state index contributed by atoms with van der Waals surface area (Å²) in [6.07, 6.45) is 5.35. The number of allylic oxidation sites excluding steroid dienone is 4. The average molecular weight is 1670 g/mol. The van der Waals surface area contributed by atoms with E-state index in [1.807, 2.05) is 54.7 Å². The number of fused-ring (bicyclic) bond motifs is 3. The molecule has 1 saturated heterocycles. The highest BCUT2D eigenvalue weighted by molar-refractivity contribution is 8.76. The highest BCUT2D eigenvalue weighted by atomic mass is 33.1. The van der Waals surface area contributed by atoms with Crippen LogP contribution >= 0.6 is 45.1 Å². The third kappa shape index (κ3) is 27.1. The summed E-state index contributed by atoms with van der Waals surface area (Å²) in [5, 5.41) is 56.1. The fourth-order valence-corrected chi connectivity index (χ4v) is 18.4. The van der Waals surface area contributed by atoms with Crippen molar-refractivity contribution in [3.8, 4) is 11.8 Å². The summed E-state index contributed by atoms with van der Waals surface area (Å²) in [6.45, 7) is 9.76. The molecule has 3 heterocycles. The standard InChI is InChI=1S/C73H95N12O23P3S2/c1-6-14-47-32-49-33-50-34-56(76-7-2)44(4)30-54(50)67(53(49)29-43(47)3)51-18-8-9-19-52(51)72(95)84(5)26-12-21-61(87)78-25-24-75-38-45-15-10-16-46(31-45)39-79-55(70(93)82-57(35-64(89)90)71(94)83-58(73(96)97)36-65(91)92)20-13-27-112-113-28-22-62(88)77-23-11-17-48-40-85(69-66(48)68(74)80-42-81-69)63-37-59(86)60(106-63)41-105-110(101,102)108-111(103,104)107-109(98,99)100/h8-10,15-16,18-19,29-32,34,40,42,54-55,57-60,63,67,75,79,86H,6-7,12-14,20-28,33,35-39,41H2,1-5H3,(H,77,88)(H,78,87)(H,82,93)(H,83,94)(H,89,90)(H,91,92)(H,96,97)(H,101,102)(H,103,104)(H2,74,80,81)(H2,98,99,100)/t54?,55?,57?,58?,59?,60-,63-,67?/m1/s1. The lowest BCUT2D eigenvalue weighted by Gasteiger charge is -2.38. The highest BCUT2D eigenvalue weighted by Crippen LogP contribution is 2.66. The van der Waals surface area contributed by atoms with Crippen molar-refractivity contribution >= 4 is 115 Å². The number of nitrogen functional groups attached to an aromatic ring is 1. The number of aliphatic imine (C=N–C) groups is 1. The van der Waals surface area contributed by atoms with Crippen LogP contribution in [0, 0.1) is 24.7 Å². The Bertz CT molecular complexity index is 4620. The van der Waals surface area contributed by atoms with Crippen LogP contribution < -0.4 is 37.6 Å². The molecule has 1 aliphatic heterocycles. The van der Waals surface area contributed by atoms with Crippen molar-refractivity contribution in [3.63, 3.8) is 0 Å². The Hall–Kier alpha value is -8.50. The zero-order valence-corrected chi connectivity index (χ0v) is 67.0. The molecule has 16 N–H and O–H groups in total. The minimum Gasteiger partial charge on any atom is -0.481 e. The summed E-state index contributed by atoms with van der Waals surface area (Å²) in [4.78, 5) is 155. The van der Waals surface area contributed by atoms with E-state index < -0.39 is 109 Å². The van der Waals surface area contributed by atoms with E-state index in [4.69, 9.17) is 25.2 Å². The van der Waals surface area contributed by atoms with E-state index in [1.54, 1.807) is 11.9 Å². The van der Waals surface area contributed by atoms with Gasteiger partial charge in [0.2, 0.25) is 23.6 Å². The van der Waals surface area contributed by atoms with E-state index in [9.17, 15) is 82.3 Å². The lowest BCUT2D eigenvalue weighted by Crippen LogP contribution is -2.55. The zero-order valence-electron chi connectivity index (χ0n) is 62.7. The fraction of sp³-hybridized carbons (Fsp3) is 0.466. The number of nitrogens with one attached hydrogen (secondary N) is 6. The Balaban J connectivity index is 0.794. The number of benzene rings is 3. The van der Waals surface area contributed by atoms with Crippen LogP contribution in [0.15, 0.2) is 101 Å². The van der Waals surface area contributed by atoms with Crippen LogP contribution in [0.4, 0.5) is 5.82 Å². The van der Waals surface area contributed by atoms with Crippen LogP contribution in [0.5, 0.6) is 0 Å². The molecule has 40 heteroatoms. The molecule has 35 nitrogen and oxygen atoms in total. The third-order valence-corrected chi connectivity index (χ3v) is 24.8. The summed E-state index contributed by atoms with van der Waals surface area (Å²) in [7, 11) is -12.5. The van der Waals surface area contributed by atoms with Crippen LogP contribution in [0.25, 0.3) is 11.0 Å². The second kappa shape index (κ2) is 42.2. The molecule has 0 radical (unpaired) electrons. The first-order valence-electron chi connectivity index (χ1n) is 36.3. The summed E-state index contributed by atoms with van der Waals surface area (Å²) in [6, 6.07) is 15.2. The molecule has 2 aromatic heterocycles. The van der Waals surface area contributed by atoms with Gasteiger partial charge in [-0.25, -0.2) is 28.5 Å². The van der Waals surface area contributed by atoms with Crippen LogP contribution in [0.3, 0.4) is 0 Å². The minimum atomic E-state index is -5.81. The Labute approximate surface area is 659 Å². The molecule has 8 rings (SSSR count). The van der Waals surface area contributed by atoms with E-state index in [0.717, 1.165) is 53.6 Å². The summed E-state index contributed by atoms with van der Waals surface area (Å²) in [5.41, 5.74) is 18.4. The van der Waals surface area contributed by atoms with Gasteiger partial charge in [0.15, 0.2) is 0 Å². The van der Waals surface area contributed by atoms with Gasteiger partial charge in [-0.05, 0) is 110 Å². The molecule has 8 unspecified atom stereocenters. The number of aliphatic carboxylic acids is 3. The van der Waals surface area contributed by atoms with E-state index in [2.05, 4.69) is 113 Å². The number of carboxylic acid groups (broad SMARTS) is 3. The van der Waals surface area contributed by atoms with E-state index in [-0.39, 0.29) is 90.7 Å². The Kier molecular flexibility index (Phi) is 33.6. The first kappa shape index (κ1) is 90.0. The fourth-order valence-electron chi connectivity index (χ4n) is 13.2. The number of ether oxygens (including phenoxy) is 1. The maximum Gasteiger partial charge on any atom is 0.490 e. The molecule has 3 aliphatic rings. The second-order valence-corrected chi connectivity index (χ2v) is 34.2. The van der Waals surface area contributed by atoms with Gasteiger partial charge in [0, 0.05) is 101 Å². The maximum absolute atomic E-state index is 14.5. The minimum absolute atomic E-state index is 0.0112. The van der Waals surface area contributed by atoms with Gasteiger partial charge in [-0.15, -0.1) is 0 Å². The number of carbonyl (C=O) groups is 8. The average Bonchev–Trinajstić information content (AvgIpc) is 1.24. The summed E-state index contributed by atoms with van der Waals surface area (Å²) in [5.74, 6) is -0.933. The first-order valence-corrected chi connectivity index (χ1v) is 43.3. The van der Waals surface area contributed by atoms with Gasteiger partial charge in [0.05, 0.1) is 54.8 Å². The molecule has 113 heavy (non-hydrogen) atoms. The number of nitrogens with zero attached hydrogens (tertiary/aromatic N) is 5. The van der Waals surface area contributed by atoms with Gasteiger partial charge < -0.3 is 91.8 Å². The van der Waals surface area contributed by atoms with Gasteiger partial charge in [-0.1, -0.05) is 113 Å². The molecule has 10 atom stereocenters. The predicted molar refractivity (Wildman–Crippen MR) is 419 cm³/mol. The predicted octanol–water partition coefficient (Wildman–Crippen LogP) is 5.86. The summed E-state index contributed by atoms with van der Waals surface area (Å²) < 4.78 is 54.4. The number of aliphatic hydroxyl groups excluding tert-OH is 1. The quantitative estimate of drug-likeness (QED) is 0.00940.